The fraction of sp³-hybridized carbons (Fsp3) is 0.571. The summed E-state index contributed by atoms with van der Waals surface area (Å²) in [4.78, 5) is 0. The molecule has 0 aliphatic rings. The summed E-state index contributed by atoms with van der Waals surface area (Å²) in [6, 6.07) is 8.16. The van der Waals surface area contributed by atoms with Gasteiger partial charge in [-0.15, -0.1) is 0 Å². The highest BCUT2D eigenvalue weighted by Crippen LogP contribution is 2.21. The number of hydrogen-bond acceptors (Lipinski definition) is 2. The topological polar surface area (TPSA) is 29.5 Å². The van der Waals surface area contributed by atoms with Crippen LogP contribution in [0, 0.1) is 5.92 Å². The van der Waals surface area contributed by atoms with Crippen molar-refractivity contribution in [3.05, 3.63) is 35.4 Å². The number of aliphatic hydroxyl groups excluding tert-OH is 1. The van der Waals surface area contributed by atoms with Crippen LogP contribution < -0.4 is 0 Å². The molecular weight excluding hydrogens is 200 g/mol. The second-order valence-corrected chi connectivity index (χ2v) is 4.63. The molecule has 0 saturated heterocycles. The Morgan fingerprint density at radius 3 is 2.31 bits per heavy atom. The summed E-state index contributed by atoms with van der Waals surface area (Å²) in [7, 11) is 1.71. The smallest absolute Gasteiger partial charge is 0.0792 e. The lowest BCUT2D eigenvalue weighted by Gasteiger charge is -2.13. The molecule has 0 aromatic heterocycles. The number of rotatable bonds is 6. The van der Waals surface area contributed by atoms with Crippen LogP contribution in [0.3, 0.4) is 0 Å². The van der Waals surface area contributed by atoms with Gasteiger partial charge in [0.15, 0.2) is 0 Å². The minimum atomic E-state index is -0.337. The molecule has 0 aliphatic carbocycles. The van der Waals surface area contributed by atoms with E-state index in [1.807, 2.05) is 12.1 Å². The molecule has 1 aromatic carbocycles. The number of benzene rings is 1. The zero-order chi connectivity index (χ0) is 12.0. The maximum atomic E-state index is 9.93. The van der Waals surface area contributed by atoms with E-state index in [1.165, 1.54) is 5.56 Å². The van der Waals surface area contributed by atoms with Crippen molar-refractivity contribution < 1.29 is 9.84 Å². The largest absolute Gasteiger partial charge is 0.388 e. The Morgan fingerprint density at radius 1 is 1.19 bits per heavy atom. The number of ether oxygens (including phenoxy) is 1. The lowest BCUT2D eigenvalue weighted by molar-refractivity contribution is 0.151. The zero-order valence-electron chi connectivity index (χ0n) is 10.4. The highest BCUT2D eigenvalue weighted by Gasteiger charge is 2.09. The van der Waals surface area contributed by atoms with Crippen molar-refractivity contribution >= 4 is 0 Å². The summed E-state index contributed by atoms with van der Waals surface area (Å²) in [5.74, 6) is 0.517. The van der Waals surface area contributed by atoms with Crippen LogP contribution in [0.2, 0.25) is 0 Å². The third kappa shape index (κ3) is 4.33. The molecule has 2 nitrogen and oxygen atoms in total. The first-order valence-corrected chi connectivity index (χ1v) is 5.89. The highest BCUT2D eigenvalue weighted by atomic mass is 16.5. The van der Waals surface area contributed by atoms with Crippen LogP contribution in [0.5, 0.6) is 0 Å². The van der Waals surface area contributed by atoms with Crippen LogP contribution in [0.25, 0.3) is 0 Å². The van der Waals surface area contributed by atoms with Crippen LogP contribution in [0.15, 0.2) is 24.3 Å². The predicted molar refractivity (Wildman–Crippen MR) is 66.4 cm³/mol. The van der Waals surface area contributed by atoms with Crippen molar-refractivity contribution in [1.29, 1.82) is 0 Å². The van der Waals surface area contributed by atoms with Crippen LogP contribution in [-0.4, -0.2) is 18.8 Å². The van der Waals surface area contributed by atoms with E-state index >= 15 is 0 Å². The van der Waals surface area contributed by atoms with E-state index in [0.29, 0.717) is 5.92 Å². The van der Waals surface area contributed by atoms with E-state index in [-0.39, 0.29) is 6.10 Å². The summed E-state index contributed by atoms with van der Waals surface area (Å²) in [6.45, 7) is 4.99. The summed E-state index contributed by atoms with van der Waals surface area (Å²) in [6.07, 6.45) is 1.41. The predicted octanol–water partition coefficient (Wildman–Crippen LogP) is 2.96. The quantitative estimate of drug-likeness (QED) is 0.802. The molecular formula is C14H22O2. The maximum absolute atomic E-state index is 9.93. The maximum Gasteiger partial charge on any atom is 0.0792 e. The second-order valence-electron chi connectivity index (χ2n) is 4.63. The van der Waals surface area contributed by atoms with E-state index < -0.39 is 0 Å². The molecule has 1 N–H and O–H groups in total. The Morgan fingerprint density at radius 2 is 1.81 bits per heavy atom. The molecule has 0 fully saturated rings. The molecule has 0 bridgehead atoms. The van der Waals surface area contributed by atoms with Gasteiger partial charge >= 0.3 is 0 Å². The third-order valence-electron chi connectivity index (χ3n) is 2.65. The van der Waals surface area contributed by atoms with Crippen molar-refractivity contribution in [3.63, 3.8) is 0 Å². The van der Waals surface area contributed by atoms with Crippen molar-refractivity contribution in [2.45, 2.75) is 32.8 Å². The van der Waals surface area contributed by atoms with E-state index in [1.54, 1.807) is 7.11 Å². The summed E-state index contributed by atoms with van der Waals surface area (Å²) >= 11 is 0. The van der Waals surface area contributed by atoms with Crippen molar-refractivity contribution in [2.24, 2.45) is 5.92 Å². The minimum Gasteiger partial charge on any atom is -0.388 e. The normalized spacial score (nSPS) is 13.1. The first-order chi connectivity index (χ1) is 7.63. The van der Waals surface area contributed by atoms with Gasteiger partial charge in [0.25, 0.3) is 0 Å². The van der Waals surface area contributed by atoms with Gasteiger partial charge in [-0.05, 0) is 29.9 Å². The molecule has 1 aromatic rings. The molecule has 0 radical (unpaired) electrons. The fourth-order valence-corrected chi connectivity index (χ4v) is 1.71. The van der Waals surface area contributed by atoms with Gasteiger partial charge in [-0.25, -0.2) is 0 Å². The minimum absolute atomic E-state index is 0.337. The molecule has 1 unspecified atom stereocenters. The van der Waals surface area contributed by atoms with Gasteiger partial charge in [-0.3, -0.25) is 0 Å². The third-order valence-corrected chi connectivity index (χ3v) is 2.65. The zero-order valence-corrected chi connectivity index (χ0v) is 10.4. The van der Waals surface area contributed by atoms with Gasteiger partial charge in [0, 0.05) is 7.11 Å². The first-order valence-electron chi connectivity index (χ1n) is 5.89. The molecule has 16 heavy (non-hydrogen) atoms. The van der Waals surface area contributed by atoms with E-state index in [2.05, 4.69) is 26.0 Å². The van der Waals surface area contributed by atoms with E-state index in [9.17, 15) is 5.11 Å². The molecule has 0 saturated carbocycles. The molecule has 0 spiro atoms. The summed E-state index contributed by atoms with van der Waals surface area (Å²) in [5, 5.41) is 9.93. The Hall–Kier alpha value is -0.860. The number of hydrogen-bond donors (Lipinski definition) is 1. The average Bonchev–Trinajstić information content (AvgIpc) is 2.26. The Labute approximate surface area is 98.3 Å². The van der Waals surface area contributed by atoms with Gasteiger partial charge in [-0.1, -0.05) is 38.1 Å². The molecule has 1 atom stereocenters. The summed E-state index contributed by atoms with van der Waals surface area (Å²) in [5.41, 5.74) is 2.26. The van der Waals surface area contributed by atoms with Gasteiger partial charge in [-0.2, -0.15) is 0 Å². The van der Waals surface area contributed by atoms with Crippen LogP contribution in [0.1, 0.15) is 37.5 Å². The lowest BCUT2D eigenvalue weighted by atomic mass is 9.98. The van der Waals surface area contributed by atoms with Crippen LogP contribution in [-0.2, 0) is 11.2 Å². The Kier molecular flexibility index (Phi) is 5.50. The standard InChI is InChI=1S/C14H22O2/c1-11(2)10-14(15)13-6-4-12(5-7-13)8-9-16-3/h4-7,11,14-15H,8-10H2,1-3H3. The number of methoxy groups -OCH3 is 1. The van der Waals surface area contributed by atoms with Crippen molar-refractivity contribution in [1.82, 2.24) is 0 Å². The monoisotopic (exact) mass is 222 g/mol. The second kappa shape index (κ2) is 6.66. The number of aliphatic hydroxyl groups is 1. The lowest BCUT2D eigenvalue weighted by Crippen LogP contribution is -2.02. The molecule has 90 valence electrons. The average molecular weight is 222 g/mol. The SMILES string of the molecule is COCCc1ccc(C(O)CC(C)C)cc1. The van der Waals surface area contributed by atoms with Gasteiger partial charge in [0.2, 0.25) is 0 Å². The molecule has 0 amide bonds. The van der Waals surface area contributed by atoms with Crippen molar-refractivity contribution in [2.75, 3.05) is 13.7 Å². The van der Waals surface area contributed by atoms with Crippen molar-refractivity contribution in [3.8, 4) is 0 Å². The van der Waals surface area contributed by atoms with Gasteiger partial charge in [0.1, 0.15) is 0 Å². The first kappa shape index (κ1) is 13.2. The van der Waals surface area contributed by atoms with E-state index in [0.717, 1.165) is 25.0 Å². The van der Waals surface area contributed by atoms with Gasteiger partial charge < -0.3 is 9.84 Å². The summed E-state index contributed by atoms with van der Waals surface area (Å²) < 4.78 is 5.03. The van der Waals surface area contributed by atoms with Crippen LogP contribution in [0.4, 0.5) is 0 Å². The highest BCUT2D eigenvalue weighted by molar-refractivity contribution is 5.24. The molecule has 0 aliphatic heterocycles. The molecule has 1 rings (SSSR count). The molecule has 2 heteroatoms. The Bertz CT molecular complexity index is 290. The van der Waals surface area contributed by atoms with E-state index in [4.69, 9.17) is 4.74 Å². The Balaban J connectivity index is 2.56. The molecule has 0 heterocycles. The van der Waals surface area contributed by atoms with Gasteiger partial charge in [0.05, 0.1) is 12.7 Å². The van der Waals surface area contributed by atoms with Crippen LogP contribution >= 0.6 is 0 Å². The fourth-order valence-electron chi connectivity index (χ4n) is 1.71.